The Morgan fingerprint density at radius 1 is 0.966 bits per heavy atom. The minimum absolute atomic E-state index is 0.0282. The van der Waals surface area contributed by atoms with Crippen LogP contribution >= 0.6 is 0 Å². The molecule has 0 radical (unpaired) electrons. The van der Waals surface area contributed by atoms with E-state index in [9.17, 15) is 19.8 Å². The molecule has 0 bridgehead atoms. The summed E-state index contributed by atoms with van der Waals surface area (Å²) in [7, 11) is 0. The van der Waals surface area contributed by atoms with Crippen molar-refractivity contribution in [1.82, 2.24) is 15.6 Å². The van der Waals surface area contributed by atoms with E-state index in [1.165, 1.54) is 63.5 Å². The lowest BCUT2D eigenvalue weighted by molar-refractivity contribution is 0.0787. The summed E-state index contributed by atoms with van der Waals surface area (Å²) in [6.45, 7) is 2.86. The van der Waals surface area contributed by atoms with E-state index in [1.807, 2.05) is 5.43 Å². The van der Waals surface area contributed by atoms with Crippen LogP contribution in [0.5, 0.6) is 11.5 Å². The van der Waals surface area contributed by atoms with Crippen molar-refractivity contribution in [2.24, 2.45) is 5.84 Å². The predicted octanol–water partition coefficient (Wildman–Crippen LogP) is 3.59. The maximum Gasteiger partial charge on any atom is 0.339 e. The molecule has 0 heterocycles. The molecular weight excluding hydrogens is 372 g/mol. The van der Waals surface area contributed by atoms with E-state index in [2.05, 4.69) is 12.2 Å². The number of phenols is 2. The number of hydrazine groups is 1. The van der Waals surface area contributed by atoms with Gasteiger partial charge in [-0.2, -0.15) is 0 Å². The first-order valence-corrected chi connectivity index (χ1v) is 10.6. The van der Waals surface area contributed by atoms with Crippen molar-refractivity contribution < 1.29 is 19.8 Å². The largest absolute Gasteiger partial charge is 0.508 e. The molecule has 0 spiro atoms. The molecule has 0 saturated carbocycles. The van der Waals surface area contributed by atoms with E-state index in [1.54, 1.807) is 0 Å². The summed E-state index contributed by atoms with van der Waals surface area (Å²) in [4.78, 5) is 25.4. The fourth-order valence-corrected chi connectivity index (χ4v) is 3.09. The Balaban J connectivity index is 2.29. The fraction of sp³-hybridized carbons (Fsp3) is 0.619. The van der Waals surface area contributed by atoms with Gasteiger partial charge in [-0.15, -0.1) is 0 Å². The van der Waals surface area contributed by atoms with E-state index in [0.29, 0.717) is 6.54 Å². The Hall–Kier alpha value is -2.32. The monoisotopic (exact) mass is 408 g/mol. The number of rotatable bonds is 14. The number of amides is 3. The lowest BCUT2D eigenvalue weighted by Crippen LogP contribution is -2.50. The normalized spacial score (nSPS) is 10.7. The standard InChI is InChI=1S/C21H36N4O4/c1-2-3-4-5-6-7-8-9-10-11-14-23-16-25(21(29)24-22)20(28)18-13-12-17(26)15-19(18)27/h12-13,15,23,26-27H,2-11,14,16,22H2,1H3,(H,24,29). The van der Waals surface area contributed by atoms with Gasteiger partial charge in [0, 0.05) is 6.07 Å². The van der Waals surface area contributed by atoms with Gasteiger partial charge in [-0.1, -0.05) is 64.7 Å². The molecule has 3 amide bonds. The van der Waals surface area contributed by atoms with Gasteiger partial charge in [-0.25, -0.2) is 15.5 Å². The van der Waals surface area contributed by atoms with Crippen LogP contribution in [0.1, 0.15) is 81.5 Å². The first-order valence-electron chi connectivity index (χ1n) is 10.6. The molecule has 0 unspecified atom stereocenters. The number of nitrogens with one attached hydrogen (secondary N) is 2. The molecule has 0 aliphatic carbocycles. The molecule has 6 N–H and O–H groups in total. The zero-order valence-electron chi connectivity index (χ0n) is 17.5. The number of benzene rings is 1. The second-order valence-corrected chi connectivity index (χ2v) is 7.22. The second-order valence-electron chi connectivity index (χ2n) is 7.22. The fourth-order valence-electron chi connectivity index (χ4n) is 3.09. The Morgan fingerprint density at radius 2 is 1.55 bits per heavy atom. The average molecular weight is 409 g/mol. The zero-order chi connectivity index (χ0) is 21.5. The SMILES string of the molecule is CCCCCCCCCCCCNCN(C(=O)NN)C(=O)c1ccc(O)cc1O. The molecule has 0 fully saturated rings. The molecule has 29 heavy (non-hydrogen) atoms. The Kier molecular flexibility index (Phi) is 12.5. The number of carbonyl (C=O) groups excluding carboxylic acids is 2. The van der Waals surface area contributed by atoms with Crippen molar-refractivity contribution in [2.45, 2.75) is 71.1 Å². The van der Waals surface area contributed by atoms with Gasteiger partial charge in [0.05, 0.1) is 12.2 Å². The number of imide groups is 1. The second kappa shape index (κ2) is 14.6. The summed E-state index contributed by atoms with van der Waals surface area (Å²) in [5, 5.41) is 22.3. The van der Waals surface area contributed by atoms with E-state index in [0.717, 1.165) is 23.8 Å². The Bertz CT molecular complexity index is 625. The summed E-state index contributed by atoms with van der Waals surface area (Å²) >= 11 is 0. The van der Waals surface area contributed by atoms with Gasteiger partial charge in [-0.3, -0.25) is 15.5 Å². The number of nitrogens with zero attached hydrogens (tertiary/aromatic N) is 1. The number of hydrogen-bond acceptors (Lipinski definition) is 6. The summed E-state index contributed by atoms with van der Waals surface area (Å²) < 4.78 is 0. The molecule has 8 heteroatoms. The van der Waals surface area contributed by atoms with Crippen LogP contribution in [0.4, 0.5) is 4.79 Å². The molecule has 164 valence electrons. The van der Waals surface area contributed by atoms with Crippen molar-refractivity contribution in [3.63, 3.8) is 0 Å². The number of unbranched alkanes of at least 4 members (excludes halogenated alkanes) is 9. The smallest absolute Gasteiger partial charge is 0.339 e. The van der Waals surface area contributed by atoms with E-state index in [4.69, 9.17) is 5.84 Å². The highest BCUT2D eigenvalue weighted by Gasteiger charge is 2.24. The predicted molar refractivity (Wildman–Crippen MR) is 113 cm³/mol. The third kappa shape index (κ3) is 9.62. The van der Waals surface area contributed by atoms with Gasteiger partial charge < -0.3 is 10.2 Å². The molecule has 0 aromatic heterocycles. The zero-order valence-corrected chi connectivity index (χ0v) is 17.5. The van der Waals surface area contributed by atoms with Crippen LogP contribution in [0.2, 0.25) is 0 Å². The summed E-state index contributed by atoms with van der Waals surface area (Å²) in [5.41, 5.74) is 1.84. The summed E-state index contributed by atoms with van der Waals surface area (Å²) in [6.07, 6.45) is 12.4. The number of phenolic OH excluding ortho intramolecular Hbond substituents is 2. The molecule has 1 aromatic rings. The lowest BCUT2D eigenvalue weighted by Gasteiger charge is -2.21. The van der Waals surface area contributed by atoms with Gasteiger partial charge in [0.25, 0.3) is 5.91 Å². The number of carbonyl (C=O) groups is 2. The third-order valence-corrected chi connectivity index (χ3v) is 4.80. The number of urea groups is 1. The van der Waals surface area contributed by atoms with E-state index < -0.39 is 17.7 Å². The van der Waals surface area contributed by atoms with E-state index in [-0.39, 0.29) is 18.0 Å². The highest BCUT2D eigenvalue weighted by atomic mass is 16.3. The van der Waals surface area contributed by atoms with Crippen LogP contribution in [-0.4, -0.2) is 40.3 Å². The molecule has 8 nitrogen and oxygen atoms in total. The van der Waals surface area contributed by atoms with Crippen molar-refractivity contribution in [1.29, 1.82) is 0 Å². The first-order chi connectivity index (χ1) is 14.0. The minimum atomic E-state index is -0.780. The maximum absolute atomic E-state index is 12.5. The number of hydrogen-bond donors (Lipinski definition) is 5. The molecule has 0 aliphatic heterocycles. The van der Waals surface area contributed by atoms with Crippen molar-refractivity contribution in [3.05, 3.63) is 23.8 Å². The quantitative estimate of drug-likeness (QED) is 0.105. The van der Waals surface area contributed by atoms with Crippen molar-refractivity contribution in [3.8, 4) is 11.5 Å². The highest BCUT2D eigenvalue weighted by molar-refractivity contribution is 6.05. The summed E-state index contributed by atoms with van der Waals surface area (Å²) in [6, 6.07) is 2.79. The van der Waals surface area contributed by atoms with Gasteiger partial charge >= 0.3 is 6.03 Å². The third-order valence-electron chi connectivity index (χ3n) is 4.80. The minimum Gasteiger partial charge on any atom is -0.508 e. The van der Waals surface area contributed by atoms with Crippen molar-refractivity contribution in [2.75, 3.05) is 13.2 Å². The lowest BCUT2D eigenvalue weighted by atomic mass is 10.1. The van der Waals surface area contributed by atoms with Gasteiger partial charge in [-0.05, 0) is 25.1 Å². The van der Waals surface area contributed by atoms with Crippen LogP contribution in [0.25, 0.3) is 0 Å². The van der Waals surface area contributed by atoms with Crippen LogP contribution in [0.15, 0.2) is 18.2 Å². The average Bonchev–Trinajstić information content (AvgIpc) is 2.70. The topological polar surface area (TPSA) is 128 Å². The molecule has 1 rings (SSSR count). The molecule has 1 aromatic carbocycles. The Labute approximate surface area is 173 Å². The van der Waals surface area contributed by atoms with Crippen LogP contribution < -0.4 is 16.6 Å². The van der Waals surface area contributed by atoms with Gasteiger partial charge in [0.2, 0.25) is 0 Å². The first kappa shape index (κ1) is 24.7. The Morgan fingerprint density at radius 3 is 2.10 bits per heavy atom. The van der Waals surface area contributed by atoms with Crippen LogP contribution in [0, 0.1) is 0 Å². The molecular formula is C21H36N4O4. The maximum atomic E-state index is 12.5. The number of aromatic hydroxyl groups is 2. The van der Waals surface area contributed by atoms with Gasteiger partial charge in [0.1, 0.15) is 11.5 Å². The van der Waals surface area contributed by atoms with Crippen LogP contribution in [0.3, 0.4) is 0 Å². The van der Waals surface area contributed by atoms with Gasteiger partial charge in [0.15, 0.2) is 0 Å². The van der Waals surface area contributed by atoms with Crippen molar-refractivity contribution >= 4 is 11.9 Å². The van der Waals surface area contributed by atoms with Crippen LogP contribution in [-0.2, 0) is 0 Å². The molecule has 0 aliphatic rings. The highest BCUT2D eigenvalue weighted by Crippen LogP contribution is 2.23. The molecule has 0 saturated heterocycles. The van der Waals surface area contributed by atoms with E-state index >= 15 is 0 Å². The number of nitrogens with two attached hydrogens (primary N) is 1. The summed E-state index contributed by atoms with van der Waals surface area (Å²) in [5.74, 6) is 3.88. The molecule has 0 atom stereocenters.